The minimum atomic E-state index is -0.582. The van der Waals surface area contributed by atoms with Crippen molar-refractivity contribution in [3.63, 3.8) is 0 Å². The number of methoxy groups -OCH3 is 4. The van der Waals surface area contributed by atoms with Crippen LogP contribution < -0.4 is 41.0 Å². The van der Waals surface area contributed by atoms with Gasteiger partial charge in [0.05, 0.1) is 79.0 Å². The summed E-state index contributed by atoms with van der Waals surface area (Å²) in [6, 6.07) is 67.9. The molecule has 0 saturated carbocycles. The van der Waals surface area contributed by atoms with E-state index in [1.165, 1.54) is 27.3 Å². The number of para-hydroxylation sites is 6. The largest absolute Gasteiger partial charge is 0.496 e. The Morgan fingerprint density at radius 3 is 1.01 bits per heavy atom. The van der Waals surface area contributed by atoms with E-state index in [4.69, 9.17) is 72.6 Å². The Kier molecular flexibility index (Phi) is 39.7. The van der Waals surface area contributed by atoms with Crippen LogP contribution in [-0.2, 0) is 132 Å². The zero-order valence-electron chi connectivity index (χ0n) is 81.1. The van der Waals surface area contributed by atoms with Gasteiger partial charge in [0.25, 0.3) is 38.8 Å². The molecule has 10 aromatic carbocycles. The summed E-state index contributed by atoms with van der Waals surface area (Å²) in [6.07, 6.45) is 6.99. The van der Waals surface area contributed by atoms with E-state index in [1.54, 1.807) is 62.5 Å². The Labute approximate surface area is 870 Å². The van der Waals surface area contributed by atoms with Crippen LogP contribution in [-0.4, -0.2) is 220 Å². The van der Waals surface area contributed by atoms with Gasteiger partial charge in [-0.1, -0.05) is 148 Å². The second-order valence-electron chi connectivity index (χ2n) is 35.4. The molecular formula is C113H124Cl2N12O22. The smallest absolute Gasteiger partial charge is 0.294 e. The molecule has 782 valence electrons. The first-order valence-electron chi connectivity index (χ1n) is 47.6. The van der Waals surface area contributed by atoms with E-state index in [0.717, 1.165) is 152 Å². The summed E-state index contributed by atoms with van der Waals surface area (Å²) < 4.78 is 51.9. The van der Waals surface area contributed by atoms with Crippen LogP contribution >= 0.6 is 23.2 Å². The molecule has 20 rings (SSSR count). The van der Waals surface area contributed by atoms with Gasteiger partial charge in [-0.2, -0.15) is 0 Å². The van der Waals surface area contributed by atoms with Gasteiger partial charge in [0.2, 0.25) is 11.8 Å². The Balaban J connectivity index is 0.000000151. The highest BCUT2D eigenvalue weighted by molar-refractivity contribution is 6.27. The number of nitrogens with one attached hydrogen (secondary N) is 8. The van der Waals surface area contributed by atoms with E-state index in [2.05, 4.69) is 80.3 Å². The fourth-order valence-corrected chi connectivity index (χ4v) is 20.5. The molecule has 10 atom stereocenters. The summed E-state index contributed by atoms with van der Waals surface area (Å²) in [5.74, 6) is 1.64. The normalized spacial score (nSPS) is 16.9. The van der Waals surface area contributed by atoms with Crippen LogP contribution in [0.4, 0.5) is 0 Å². The number of aromatic amines is 6. The van der Waals surface area contributed by atoms with Crippen LogP contribution in [0.3, 0.4) is 0 Å². The number of carbonyl (C=O) groups excluding carboxylic acids is 8. The van der Waals surface area contributed by atoms with Crippen molar-refractivity contribution in [3.8, 4) is 23.0 Å². The first-order chi connectivity index (χ1) is 71.9. The molecule has 0 bridgehead atoms. The fourth-order valence-electron chi connectivity index (χ4n) is 20.2. The Hall–Kier alpha value is -15.3. The van der Waals surface area contributed by atoms with Crippen molar-refractivity contribution in [2.24, 2.45) is 11.5 Å². The number of hydrogen-bond donors (Lipinski definition) is 14. The number of aliphatic hydroxyl groups is 4. The molecule has 36 heteroatoms. The summed E-state index contributed by atoms with van der Waals surface area (Å²) in [5.41, 5.74) is 34.6. The number of nitrogens with zero attached hydrogens (tertiary/aromatic N) is 2. The molecule has 0 radical (unpaired) electrons. The minimum absolute atomic E-state index is 0. The minimum Gasteiger partial charge on any atom is -0.496 e. The Morgan fingerprint density at radius 2 is 0.678 bits per heavy atom. The van der Waals surface area contributed by atoms with Gasteiger partial charge < -0.3 is 113 Å². The van der Waals surface area contributed by atoms with Gasteiger partial charge in [0, 0.05) is 147 Å². The van der Waals surface area contributed by atoms with E-state index in [-0.39, 0.29) is 115 Å². The van der Waals surface area contributed by atoms with Crippen LogP contribution in [0.5, 0.6) is 23.0 Å². The molecule has 149 heavy (non-hydrogen) atoms. The van der Waals surface area contributed by atoms with Gasteiger partial charge in [0.15, 0.2) is 6.23 Å². The lowest BCUT2D eigenvalue weighted by Gasteiger charge is -2.42. The number of H-pyrrole nitrogens is 6. The van der Waals surface area contributed by atoms with Crippen molar-refractivity contribution in [1.29, 1.82) is 0 Å². The lowest BCUT2D eigenvalue weighted by molar-refractivity contribution is -0.139. The van der Waals surface area contributed by atoms with Gasteiger partial charge in [-0.15, -0.1) is 23.2 Å². The number of carbonyl (C=O) groups is 8. The first kappa shape index (κ1) is 111. The van der Waals surface area contributed by atoms with Crippen molar-refractivity contribution in [2.45, 2.75) is 140 Å². The van der Waals surface area contributed by atoms with Crippen molar-refractivity contribution in [2.75, 3.05) is 73.2 Å². The summed E-state index contributed by atoms with van der Waals surface area (Å²) in [5, 5.41) is 52.4. The monoisotopic (exact) mass is 2070 g/mol. The van der Waals surface area contributed by atoms with E-state index in [0.29, 0.717) is 100 Å². The molecule has 0 saturated heterocycles. The number of ether oxygens (including phenoxy) is 10. The number of hydrogen-bond acceptors (Lipinski definition) is 26. The highest BCUT2D eigenvalue weighted by Crippen LogP contribution is 2.48. The van der Waals surface area contributed by atoms with Crippen LogP contribution in [0.25, 0.3) is 65.4 Å². The van der Waals surface area contributed by atoms with E-state index in [9.17, 15) is 58.8 Å². The molecule has 10 heterocycles. The lowest BCUT2D eigenvalue weighted by Crippen LogP contribution is -2.50. The van der Waals surface area contributed by atoms with Crippen molar-refractivity contribution in [1.82, 2.24) is 50.3 Å². The number of aliphatic hydroxyl groups excluding tert-OH is 4. The van der Waals surface area contributed by atoms with Crippen LogP contribution in [0.2, 0.25) is 0 Å². The Bertz CT molecular complexity index is 6910. The third kappa shape index (κ3) is 25.2. The Morgan fingerprint density at radius 1 is 0.376 bits per heavy atom. The van der Waals surface area contributed by atoms with Gasteiger partial charge in [-0.05, 0) is 173 Å². The third-order valence-electron chi connectivity index (χ3n) is 26.7. The fraction of sp³-hybridized carbons (Fsp3) is 0.292. The number of alkyl halides is 2. The van der Waals surface area contributed by atoms with Crippen LogP contribution in [0.15, 0.2) is 231 Å². The SMILES string of the molecule is C.C.COc1ccc(CO)cc1[C@@H]1N[C@H](COC=O)Cc2c1[nH]c1ccccc21.COc1ccc(CO)cc1[C@@H]1c2[nH]c3ccccc3c2C[C@@H](COC=O)N1C(=O)CCl.COc1ccc(CO)cc1[C@H]1N[C@H](COC=O)Cc2c1[nH]c1ccccc21.COc1ccc(CO)cc1[C@H]1c2[nH]c3ccccc3c2C[C@@H](COC=O)N1C(=O)CCl.N[C@@H](Cc1c[nH]c2ccccc12)OC=O.N[C@H](COC=O)Cc1c[nH]c2ccccc12. The number of rotatable bonds is 35. The highest BCUT2D eigenvalue weighted by Gasteiger charge is 2.45. The number of aromatic nitrogens is 6. The predicted octanol–water partition coefficient (Wildman–Crippen LogP) is 14.4. The molecule has 0 spiro atoms. The summed E-state index contributed by atoms with van der Waals surface area (Å²) >= 11 is 12.0. The molecule has 2 amide bonds. The van der Waals surface area contributed by atoms with E-state index < -0.39 is 30.4 Å². The average Bonchev–Trinajstić information content (AvgIpc) is 1.59. The second kappa shape index (κ2) is 53.3. The van der Waals surface area contributed by atoms with Crippen molar-refractivity contribution >= 4 is 139 Å². The maximum absolute atomic E-state index is 13.0. The topological polar surface area (TPSA) is 487 Å². The predicted molar refractivity (Wildman–Crippen MR) is 568 cm³/mol. The zero-order valence-corrected chi connectivity index (χ0v) is 82.7. The number of amides is 2. The maximum atomic E-state index is 13.0. The summed E-state index contributed by atoms with van der Waals surface area (Å²) in [4.78, 5) is 113. The number of nitrogens with two attached hydrogens (primary N) is 2. The number of fused-ring (bicyclic) bond motifs is 14. The van der Waals surface area contributed by atoms with E-state index >= 15 is 0 Å². The molecule has 4 aliphatic rings. The molecule has 34 nitrogen and oxygen atoms in total. The molecule has 4 aliphatic heterocycles. The quantitative estimate of drug-likeness (QED) is 0.00759. The maximum Gasteiger partial charge on any atom is 0.294 e. The number of benzene rings is 10. The molecular weight excluding hydrogens is 1950 g/mol. The highest BCUT2D eigenvalue weighted by atomic mass is 35.5. The molecule has 0 unspecified atom stereocenters. The van der Waals surface area contributed by atoms with Gasteiger partial charge in [-0.25, -0.2) is 0 Å². The van der Waals surface area contributed by atoms with E-state index in [1.807, 2.05) is 176 Å². The van der Waals surface area contributed by atoms with Crippen molar-refractivity contribution in [3.05, 3.63) is 331 Å². The van der Waals surface area contributed by atoms with Crippen molar-refractivity contribution < 1.29 is 106 Å². The lowest BCUT2D eigenvalue weighted by atomic mass is 9.87. The number of halogens is 2. The molecule has 16 N–H and O–H groups in total. The van der Waals surface area contributed by atoms with Gasteiger partial charge >= 0.3 is 0 Å². The molecule has 16 aromatic rings. The van der Waals surface area contributed by atoms with Crippen LogP contribution in [0, 0.1) is 0 Å². The standard InChI is InChI=1S/2C23H23ClN2O5.2C21H22N2O4.C12H14N2O2.C11H12N2O2.2CH4/c2*1-30-20-7-6-14(11-27)8-18(20)23-22-17(16-4-2-3-5-19(16)25-22)9-15(12-31-13-28)26(23)21(29)10-24;2*1-26-19-7-6-13(10-24)8-17(19)21-20-16(9-14(22-21)11-27-12-25)15-4-2-3-5-18(15)23-20;13-10(7-16-8-15)5-9-6-14-12-4-2-1-3-11(9)12;12-11(15-7-14)5-8-6-13-10-4-2-1-3-9(8)10;;/h2*2-8,13,15,23,25,27H,9-12H2,1H3;2*2-8,12,14,21-24H,9-11H2,1H3;1-4,6,8,10,14H,5,7,13H2;1-4,6-7,11,13H,5,12H2;2*1H4/t15-,23+;15-,23-;14-,21+;14-,21-;10-;11-;;/m000001../s1. The first-order valence-corrected chi connectivity index (χ1v) is 48.6. The second-order valence-corrected chi connectivity index (χ2v) is 35.9. The third-order valence-corrected chi connectivity index (χ3v) is 27.1. The molecule has 0 fully saturated rings. The summed E-state index contributed by atoms with van der Waals surface area (Å²) in [7, 11) is 6.40. The molecule has 6 aromatic heterocycles. The van der Waals surface area contributed by atoms with Gasteiger partial charge in [-0.3, -0.25) is 54.7 Å². The van der Waals surface area contributed by atoms with Gasteiger partial charge in [0.1, 0.15) is 79.9 Å². The van der Waals surface area contributed by atoms with Crippen LogP contribution in [0.1, 0.15) is 140 Å². The summed E-state index contributed by atoms with van der Waals surface area (Å²) in [6.45, 7) is 3.08. The zero-order chi connectivity index (χ0) is 104. The average molecular weight is 2070 g/mol. The molecule has 0 aliphatic carbocycles.